The summed E-state index contributed by atoms with van der Waals surface area (Å²) in [6.45, 7) is 4.84. The Hall–Kier alpha value is -1.58. The number of methoxy groups -OCH3 is 1. The lowest BCUT2D eigenvalue weighted by Gasteiger charge is -2.37. The fourth-order valence-corrected chi connectivity index (χ4v) is 8.23. The average molecular weight is 360 g/mol. The Morgan fingerprint density at radius 1 is 1.40 bits per heavy atom. The van der Waals surface area contributed by atoms with E-state index in [1.807, 2.05) is 6.07 Å². The summed E-state index contributed by atoms with van der Waals surface area (Å²) in [5.41, 5.74) is 1.30. The zero-order valence-corrected chi connectivity index (χ0v) is 15.8. The first-order valence-corrected chi connectivity index (χ1v) is 10.4. The van der Waals surface area contributed by atoms with Gasteiger partial charge in [0, 0.05) is 23.6 Å². The topological polar surface area (TPSA) is 70.4 Å². The first-order valence-electron chi connectivity index (χ1n) is 8.82. The quantitative estimate of drug-likeness (QED) is 0.831. The fraction of sp³-hybridized carbons (Fsp3) is 0.632. The monoisotopic (exact) mass is 360 g/mol. The van der Waals surface area contributed by atoms with Gasteiger partial charge in [-0.15, -0.1) is 0 Å². The normalized spacial score (nSPS) is 34.6. The van der Waals surface area contributed by atoms with Crippen molar-refractivity contribution in [2.24, 2.45) is 16.7 Å². The van der Waals surface area contributed by atoms with Gasteiger partial charge in [0.2, 0.25) is 10.0 Å². The zero-order valence-electron chi connectivity index (χ0n) is 14.9. The van der Waals surface area contributed by atoms with Gasteiger partial charge in [-0.1, -0.05) is 19.9 Å². The minimum absolute atomic E-state index is 0.0776. The molecular formula is C19H24N2O3S. The minimum atomic E-state index is -3.29. The fourth-order valence-electron chi connectivity index (χ4n) is 5.70. The van der Waals surface area contributed by atoms with Gasteiger partial charge in [-0.3, -0.25) is 0 Å². The molecule has 1 spiro atoms. The summed E-state index contributed by atoms with van der Waals surface area (Å²) in [7, 11) is -1.73. The molecule has 0 amide bonds. The molecule has 2 bridgehead atoms. The van der Waals surface area contributed by atoms with E-state index in [-0.39, 0.29) is 22.6 Å². The Kier molecular flexibility index (Phi) is 3.52. The van der Waals surface area contributed by atoms with E-state index in [2.05, 4.69) is 19.9 Å². The highest BCUT2D eigenvalue weighted by Crippen LogP contribution is 2.70. The van der Waals surface area contributed by atoms with Crippen LogP contribution in [0.25, 0.3) is 0 Å². The van der Waals surface area contributed by atoms with Gasteiger partial charge in [0.05, 0.1) is 24.5 Å². The van der Waals surface area contributed by atoms with Crippen molar-refractivity contribution < 1.29 is 13.2 Å². The summed E-state index contributed by atoms with van der Waals surface area (Å²) < 4.78 is 33.1. The molecule has 5 nitrogen and oxygen atoms in total. The van der Waals surface area contributed by atoms with E-state index in [0.717, 1.165) is 24.8 Å². The number of nitrogens with zero attached hydrogens (tertiary/aromatic N) is 2. The molecule has 134 valence electrons. The molecule has 6 heteroatoms. The molecule has 1 aromatic rings. The predicted octanol–water partition coefficient (Wildman–Crippen LogP) is 2.91. The van der Waals surface area contributed by atoms with E-state index < -0.39 is 10.0 Å². The summed E-state index contributed by atoms with van der Waals surface area (Å²) in [6.07, 6.45) is 3.12. The van der Waals surface area contributed by atoms with Crippen molar-refractivity contribution >= 4 is 10.0 Å². The van der Waals surface area contributed by atoms with Crippen LogP contribution in [0.2, 0.25) is 0 Å². The molecule has 3 fully saturated rings. The summed E-state index contributed by atoms with van der Waals surface area (Å²) in [6, 6.07) is 7.40. The van der Waals surface area contributed by atoms with Crippen molar-refractivity contribution in [2.45, 2.75) is 45.7 Å². The van der Waals surface area contributed by atoms with Gasteiger partial charge in [0.25, 0.3) is 0 Å². The van der Waals surface area contributed by atoms with E-state index in [0.29, 0.717) is 23.8 Å². The van der Waals surface area contributed by atoms with Gasteiger partial charge < -0.3 is 4.74 Å². The largest absolute Gasteiger partial charge is 0.496 e. The standard InChI is InChI=1S/C19H24N2O3S/c1-18(2)15-6-7-19(18)12-25(22,23)21(17(19)9-15)11-14-5-4-13(10-20)8-16(14)24-3/h4-5,8,15,17H,6-7,9,11-12H2,1-3H3/t15-,17-,19+/m1/s1. The van der Waals surface area contributed by atoms with Gasteiger partial charge in [-0.2, -0.15) is 9.57 Å². The second-order valence-electron chi connectivity index (χ2n) is 8.30. The number of fused-ring (bicyclic) bond motifs is 1. The molecule has 25 heavy (non-hydrogen) atoms. The number of hydrogen-bond donors (Lipinski definition) is 0. The van der Waals surface area contributed by atoms with Crippen molar-refractivity contribution in [2.75, 3.05) is 12.9 Å². The highest BCUT2D eigenvalue weighted by Gasteiger charge is 2.71. The maximum absolute atomic E-state index is 13.0. The van der Waals surface area contributed by atoms with Crippen molar-refractivity contribution in [3.8, 4) is 11.8 Å². The predicted molar refractivity (Wildman–Crippen MR) is 94.4 cm³/mol. The molecule has 0 unspecified atom stereocenters. The lowest BCUT2D eigenvalue weighted by atomic mass is 9.69. The van der Waals surface area contributed by atoms with Crippen LogP contribution in [-0.2, 0) is 16.6 Å². The van der Waals surface area contributed by atoms with Crippen LogP contribution in [0.4, 0.5) is 0 Å². The van der Waals surface area contributed by atoms with Gasteiger partial charge in [0.15, 0.2) is 0 Å². The Morgan fingerprint density at radius 3 is 2.80 bits per heavy atom. The van der Waals surface area contributed by atoms with Crippen LogP contribution < -0.4 is 4.74 Å². The molecule has 1 heterocycles. The zero-order chi connectivity index (χ0) is 18.0. The maximum atomic E-state index is 13.0. The average Bonchev–Trinajstić information content (AvgIpc) is 3.04. The molecule has 4 rings (SSSR count). The van der Waals surface area contributed by atoms with Crippen LogP contribution in [0.3, 0.4) is 0 Å². The summed E-state index contributed by atoms with van der Waals surface area (Å²) >= 11 is 0. The molecule has 0 radical (unpaired) electrons. The van der Waals surface area contributed by atoms with Gasteiger partial charge >= 0.3 is 0 Å². The first kappa shape index (κ1) is 16.9. The molecule has 2 aliphatic carbocycles. The van der Waals surface area contributed by atoms with E-state index in [1.165, 1.54) is 0 Å². The minimum Gasteiger partial charge on any atom is -0.496 e. The van der Waals surface area contributed by atoms with Crippen LogP contribution in [0.1, 0.15) is 44.2 Å². The maximum Gasteiger partial charge on any atom is 0.215 e. The molecular weight excluding hydrogens is 336 g/mol. The van der Waals surface area contributed by atoms with Crippen molar-refractivity contribution in [1.82, 2.24) is 4.31 Å². The number of hydrogen-bond acceptors (Lipinski definition) is 4. The highest BCUT2D eigenvalue weighted by molar-refractivity contribution is 7.89. The molecule has 0 aromatic heterocycles. The van der Waals surface area contributed by atoms with E-state index >= 15 is 0 Å². The molecule has 2 saturated carbocycles. The Morgan fingerprint density at radius 2 is 2.16 bits per heavy atom. The molecule has 0 N–H and O–H groups in total. The Balaban J connectivity index is 1.72. The molecule has 1 aliphatic heterocycles. The van der Waals surface area contributed by atoms with Gasteiger partial charge in [-0.05, 0) is 42.7 Å². The van der Waals surface area contributed by atoms with Crippen molar-refractivity contribution in [3.05, 3.63) is 29.3 Å². The second kappa shape index (κ2) is 5.21. The van der Waals surface area contributed by atoms with E-state index in [1.54, 1.807) is 23.5 Å². The van der Waals surface area contributed by atoms with Crippen LogP contribution in [0.15, 0.2) is 18.2 Å². The number of nitriles is 1. The third-order valence-corrected chi connectivity index (χ3v) is 9.25. The molecule has 3 aliphatic rings. The second-order valence-corrected chi connectivity index (χ2v) is 10.2. The highest BCUT2D eigenvalue weighted by atomic mass is 32.2. The summed E-state index contributed by atoms with van der Waals surface area (Å²) in [5.74, 6) is 1.46. The SMILES string of the molecule is COc1cc(C#N)ccc1CN1[C@@H]2C[C@H]3CC[C@@]2(CS1(=O)=O)C3(C)C. The lowest BCUT2D eigenvalue weighted by molar-refractivity contribution is 0.112. The molecule has 1 saturated heterocycles. The van der Waals surface area contributed by atoms with Crippen LogP contribution in [-0.4, -0.2) is 31.6 Å². The van der Waals surface area contributed by atoms with Crippen molar-refractivity contribution in [3.63, 3.8) is 0 Å². The Labute approximate surface area is 149 Å². The summed E-state index contributed by atoms with van der Waals surface area (Å²) in [5, 5.41) is 9.06. The smallest absolute Gasteiger partial charge is 0.215 e. The molecule has 1 aromatic carbocycles. The van der Waals surface area contributed by atoms with Crippen LogP contribution >= 0.6 is 0 Å². The molecule has 3 atom stereocenters. The van der Waals surface area contributed by atoms with Crippen LogP contribution in [0.5, 0.6) is 5.75 Å². The van der Waals surface area contributed by atoms with Crippen LogP contribution in [0, 0.1) is 28.1 Å². The number of benzene rings is 1. The lowest BCUT2D eigenvalue weighted by Crippen LogP contribution is -2.41. The third kappa shape index (κ3) is 2.12. The third-order valence-electron chi connectivity index (χ3n) is 7.28. The first-order chi connectivity index (χ1) is 11.7. The Bertz CT molecular complexity index is 871. The van der Waals surface area contributed by atoms with Gasteiger partial charge in [0.1, 0.15) is 5.75 Å². The summed E-state index contributed by atoms with van der Waals surface area (Å²) in [4.78, 5) is 0. The number of sulfonamides is 1. The number of ether oxygens (including phenoxy) is 1. The number of rotatable bonds is 3. The van der Waals surface area contributed by atoms with E-state index in [4.69, 9.17) is 10.00 Å². The van der Waals surface area contributed by atoms with Gasteiger partial charge in [-0.25, -0.2) is 8.42 Å². The van der Waals surface area contributed by atoms with Crippen molar-refractivity contribution in [1.29, 1.82) is 5.26 Å². The van der Waals surface area contributed by atoms with E-state index in [9.17, 15) is 8.42 Å².